The highest BCUT2D eigenvalue weighted by Crippen LogP contribution is 2.20. The van der Waals surface area contributed by atoms with Gasteiger partial charge in [0.25, 0.3) is 0 Å². The number of rotatable bonds is 3. The summed E-state index contributed by atoms with van der Waals surface area (Å²) < 4.78 is 5.29. The first-order chi connectivity index (χ1) is 8.06. The lowest BCUT2D eigenvalue weighted by atomic mass is 10.4. The Hall–Kier alpha value is -1.14. The molecule has 4 nitrogen and oxygen atoms in total. The number of carbonyl (C=O) groups excluding carboxylic acids is 1. The van der Waals surface area contributed by atoms with E-state index in [1.54, 1.807) is 6.92 Å². The van der Waals surface area contributed by atoms with Crippen molar-refractivity contribution < 1.29 is 14.5 Å². The zero-order chi connectivity index (χ0) is 12.8. The Bertz CT molecular complexity index is 398. The molecule has 92 valence electrons. The molecule has 0 aromatic carbocycles. The fourth-order valence-corrected chi connectivity index (χ4v) is 2.45. The standard InChI is InChI=1S/C11H14N2O2S2/c1-8(10(14)15-3)17-11(16)13(2)9-4-6-12-7-5-9/h4-8H,1-3H3/p+1. The van der Waals surface area contributed by atoms with Crippen LogP contribution in [0.4, 0.5) is 5.69 Å². The fourth-order valence-electron chi connectivity index (χ4n) is 1.15. The molecule has 1 rings (SSSR count). The quantitative estimate of drug-likeness (QED) is 0.616. The molecule has 1 atom stereocenters. The molecule has 1 unspecified atom stereocenters. The van der Waals surface area contributed by atoms with E-state index in [9.17, 15) is 4.79 Å². The molecule has 1 heterocycles. The number of pyridine rings is 1. The highest BCUT2D eigenvalue weighted by Gasteiger charge is 2.18. The van der Waals surface area contributed by atoms with E-state index in [-0.39, 0.29) is 11.2 Å². The zero-order valence-corrected chi connectivity index (χ0v) is 11.6. The number of anilines is 1. The maximum absolute atomic E-state index is 11.3. The summed E-state index contributed by atoms with van der Waals surface area (Å²) in [7, 11) is 3.24. The van der Waals surface area contributed by atoms with Crippen LogP contribution < -0.4 is 9.88 Å². The molecule has 0 aliphatic carbocycles. The van der Waals surface area contributed by atoms with Crippen LogP contribution in [-0.2, 0) is 9.53 Å². The molecular weight excluding hydrogens is 256 g/mol. The van der Waals surface area contributed by atoms with Gasteiger partial charge in [-0.15, -0.1) is 0 Å². The Morgan fingerprint density at radius 2 is 2.12 bits per heavy atom. The summed E-state index contributed by atoms with van der Waals surface area (Å²) >= 11 is 6.58. The first kappa shape index (κ1) is 13.9. The number of H-pyrrole nitrogens is 1. The number of hydrogen-bond donors (Lipinski definition) is 0. The number of nitrogens with one attached hydrogen (secondary N) is 1. The predicted molar refractivity (Wildman–Crippen MR) is 73.1 cm³/mol. The van der Waals surface area contributed by atoms with Crippen molar-refractivity contribution in [3.05, 3.63) is 24.5 Å². The van der Waals surface area contributed by atoms with Crippen LogP contribution in [0, 0.1) is 0 Å². The third kappa shape index (κ3) is 3.98. The summed E-state index contributed by atoms with van der Waals surface area (Å²) in [5.74, 6) is -0.271. The molecular formula is C11H15N2O2S2+. The van der Waals surface area contributed by atoms with Crippen LogP contribution in [0.2, 0.25) is 0 Å². The van der Waals surface area contributed by atoms with E-state index in [1.807, 2.05) is 36.5 Å². The number of ether oxygens (including phenoxy) is 1. The Labute approximate surface area is 110 Å². The lowest BCUT2D eigenvalue weighted by Gasteiger charge is -2.20. The van der Waals surface area contributed by atoms with Gasteiger partial charge in [0.15, 0.2) is 12.4 Å². The first-order valence-electron chi connectivity index (χ1n) is 5.04. The summed E-state index contributed by atoms with van der Waals surface area (Å²) in [6.07, 6.45) is 3.64. The number of esters is 1. The molecule has 0 saturated heterocycles. The second-order valence-corrected chi connectivity index (χ2v) is 5.34. The van der Waals surface area contributed by atoms with Gasteiger partial charge in [-0.25, -0.2) is 4.98 Å². The van der Waals surface area contributed by atoms with Crippen molar-refractivity contribution in [3.63, 3.8) is 0 Å². The topological polar surface area (TPSA) is 43.7 Å². The summed E-state index contributed by atoms with van der Waals surface area (Å²) in [5.41, 5.74) is 0.971. The number of aromatic nitrogens is 1. The molecule has 0 aliphatic heterocycles. The molecule has 0 radical (unpaired) electrons. The predicted octanol–water partition coefficient (Wildman–Crippen LogP) is 1.52. The van der Waals surface area contributed by atoms with Gasteiger partial charge in [-0.1, -0.05) is 24.0 Å². The molecule has 1 N–H and O–H groups in total. The Kier molecular flexibility index (Phi) is 5.37. The van der Waals surface area contributed by atoms with E-state index < -0.39 is 0 Å². The van der Waals surface area contributed by atoms with Gasteiger partial charge >= 0.3 is 5.97 Å². The lowest BCUT2D eigenvalue weighted by molar-refractivity contribution is -0.377. The average molecular weight is 271 g/mol. The lowest BCUT2D eigenvalue weighted by Crippen LogP contribution is -2.26. The number of thiocarbonyl (C=S) groups is 1. The van der Waals surface area contributed by atoms with Gasteiger partial charge < -0.3 is 9.64 Å². The van der Waals surface area contributed by atoms with Gasteiger partial charge in [-0.2, -0.15) is 0 Å². The maximum atomic E-state index is 11.3. The van der Waals surface area contributed by atoms with E-state index in [1.165, 1.54) is 18.9 Å². The van der Waals surface area contributed by atoms with E-state index >= 15 is 0 Å². The van der Waals surface area contributed by atoms with Gasteiger partial charge in [0.2, 0.25) is 0 Å². The smallest absolute Gasteiger partial charge is 0.318 e. The van der Waals surface area contributed by atoms with E-state index in [4.69, 9.17) is 12.2 Å². The summed E-state index contributed by atoms with van der Waals surface area (Å²) in [6, 6.07) is 3.82. The molecule has 0 saturated carbocycles. The summed E-state index contributed by atoms with van der Waals surface area (Å²) in [6.45, 7) is 1.77. The molecule has 0 bridgehead atoms. The molecule has 0 amide bonds. The molecule has 0 fully saturated rings. The van der Waals surface area contributed by atoms with Crippen molar-refractivity contribution in [1.29, 1.82) is 0 Å². The highest BCUT2D eigenvalue weighted by molar-refractivity contribution is 8.24. The van der Waals surface area contributed by atoms with Crippen molar-refractivity contribution in [1.82, 2.24) is 0 Å². The van der Waals surface area contributed by atoms with Crippen molar-refractivity contribution in [3.8, 4) is 0 Å². The molecule has 6 heteroatoms. The third-order valence-electron chi connectivity index (χ3n) is 2.17. The van der Waals surface area contributed by atoms with Crippen molar-refractivity contribution >= 4 is 40.0 Å². The van der Waals surface area contributed by atoms with Crippen LogP contribution >= 0.6 is 24.0 Å². The number of carbonyl (C=O) groups is 1. The van der Waals surface area contributed by atoms with Crippen LogP contribution in [0.15, 0.2) is 24.5 Å². The number of hydrogen-bond acceptors (Lipinski definition) is 4. The largest absolute Gasteiger partial charge is 0.468 e. The van der Waals surface area contributed by atoms with Gasteiger partial charge in [0.05, 0.1) is 12.8 Å². The number of aromatic amines is 1. The van der Waals surface area contributed by atoms with Crippen LogP contribution in [-0.4, -0.2) is 29.7 Å². The van der Waals surface area contributed by atoms with Gasteiger partial charge in [0, 0.05) is 19.2 Å². The molecule has 0 spiro atoms. The van der Waals surface area contributed by atoms with Crippen molar-refractivity contribution in [2.24, 2.45) is 0 Å². The number of methoxy groups -OCH3 is 1. The SMILES string of the molecule is COC(=O)C(C)SC(=S)N(C)c1cc[nH+]cc1. The Morgan fingerprint density at radius 1 is 1.53 bits per heavy atom. The first-order valence-corrected chi connectivity index (χ1v) is 6.33. The molecule has 1 aromatic rings. The van der Waals surface area contributed by atoms with Gasteiger partial charge in [0.1, 0.15) is 9.57 Å². The normalized spacial score (nSPS) is 11.7. The van der Waals surface area contributed by atoms with Crippen LogP contribution in [0.25, 0.3) is 0 Å². The van der Waals surface area contributed by atoms with Crippen LogP contribution in [0.1, 0.15) is 6.92 Å². The summed E-state index contributed by atoms with van der Waals surface area (Å²) in [5, 5.41) is -0.301. The second kappa shape index (κ2) is 6.56. The van der Waals surface area contributed by atoms with E-state index in [0.717, 1.165) is 5.69 Å². The zero-order valence-electron chi connectivity index (χ0n) is 9.97. The third-order valence-corrected chi connectivity index (χ3v) is 3.76. The average Bonchev–Trinajstić information content (AvgIpc) is 2.37. The minimum absolute atomic E-state index is 0.271. The van der Waals surface area contributed by atoms with Crippen molar-refractivity contribution in [2.45, 2.75) is 12.2 Å². The minimum atomic E-state index is -0.301. The van der Waals surface area contributed by atoms with Crippen LogP contribution in [0.5, 0.6) is 0 Å². The minimum Gasteiger partial charge on any atom is -0.468 e. The molecule has 1 aromatic heterocycles. The summed E-state index contributed by atoms with van der Waals surface area (Å²) in [4.78, 5) is 16.1. The van der Waals surface area contributed by atoms with Crippen LogP contribution in [0.3, 0.4) is 0 Å². The van der Waals surface area contributed by atoms with E-state index in [0.29, 0.717) is 4.32 Å². The Morgan fingerprint density at radius 3 is 2.65 bits per heavy atom. The highest BCUT2D eigenvalue weighted by atomic mass is 32.2. The monoisotopic (exact) mass is 271 g/mol. The molecule has 17 heavy (non-hydrogen) atoms. The maximum Gasteiger partial charge on any atom is 0.318 e. The molecule has 0 aliphatic rings. The fraction of sp³-hybridized carbons (Fsp3) is 0.364. The second-order valence-electron chi connectivity index (χ2n) is 3.37. The van der Waals surface area contributed by atoms with Crippen molar-refractivity contribution in [2.75, 3.05) is 19.1 Å². The van der Waals surface area contributed by atoms with Gasteiger partial charge in [-0.3, -0.25) is 4.79 Å². The van der Waals surface area contributed by atoms with E-state index in [2.05, 4.69) is 9.72 Å². The van der Waals surface area contributed by atoms with Gasteiger partial charge in [-0.05, 0) is 6.92 Å². The number of thioether (sulfide) groups is 1. The number of nitrogens with zero attached hydrogens (tertiary/aromatic N) is 1. The Balaban J connectivity index is 2.62.